The highest BCUT2D eigenvalue weighted by molar-refractivity contribution is 5.91. The van der Waals surface area contributed by atoms with E-state index in [9.17, 15) is 19.5 Å². The number of carbonyl (C=O) groups excluding carboxylic acids is 3. The summed E-state index contributed by atoms with van der Waals surface area (Å²) in [5.74, 6) is 0.316. The van der Waals surface area contributed by atoms with E-state index < -0.39 is 18.2 Å². The van der Waals surface area contributed by atoms with Crippen molar-refractivity contribution in [2.75, 3.05) is 26.2 Å². The van der Waals surface area contributed by atoms with Gasteiger partial charge in [0.15, 0.2) is 0 Å². The molecule has 1 fully saturated rings. The average molecular weight is 614 g/mol. The van der Waals surface area contributed by atoms with Crippen LogP contribution in [0, 0.1) is 0 Å². The summed E-state index contributed by atoms with van der Waals surface area (Å²) in [7, 11) is 0. The van der Waals surface area contributed by atoms with Gasteiger partial charge in [0.1, 0.15) is 23.7 Å². The number of nitrogens with one attached hydrogen (secondary N) is 3. The molecule has 45 heavy (non-hydrogen) atoms. The third kappa shape index (κ3) is 9.84. The summed E-state index contributed by atoms with van der Waals surface area (Å²) in [6, 6.07) is 22.4. The van der Waals surface area contributed by atoms with Gasteiger partial charge in [0, 0.05) is 26.1 Å². The van der Waals surface area contributed by atoms with E-state index in [2.05, 4.69) is 29.5 Å². The number of aromatic hydroxyl groups is 1. The fraction of sp³-hybridized carbons (Fsp3) is 0.343. The van der Waals surface area contributed by atoms with Crippen LogP contribution < -0.4 is 20.7 Å². The molecule has 0 unspecified atom stereocenters. The van der Waals surface area contributed by atoms with Gasteiger partial charge in [-0.3, -0.25) is 9.59 Å². The van der Waals surface area contributed by atoms with Crippen LogP contribution in [-0.2, 0) is 29.1 Å². The molecule has 0 aromatic heterocycles. The molecule has 4 amide bonds. The Labute approximate surface area is 265 Å². The highest BCUT2D eigenvalue weighted by Gasteiger charge is 2.43. The fourth-order valence-electron chi connectivity index (χ4n) is 5.18. The molecule has 1 aliphatic rings. The van der Waals surface area contributed by atoms with E-state index in [1.807, 2.05) is 54.6 Å². The number of nitrogens with zero attached hydrogens (tertiary/aromatic N) is 2. The summed E-state index contributed by atoms with van der Waals surface area (Å²) in [5, 5.41) is 18.7. The van der Waals surface area contributed by atoms with Crippen molar-refractivity contribution in [3.05, 3.63) is 108 Å². The van der Waals surface area contributed by atoms with Gasteiger partial charge in [-0.1, -0.05) is 74.0 Å². The van der Waals surface area contributed by atoms with Crippen molar-refractivity contribution in [1.29, 1.82) is 0 Å². The molecule has 0 aliphatic carbocycles. The Morgan fingerprint density at radius 3 is 2.40 bits per heavy atom. The largest absolute Gasteiger partial charge is 0.508 e. The third-order valence-electron chi connectivity index (χ3n) is 7.54. The van der Waals surface area contributed by atoms with Crippen LogP contribution in [0.2, 0.25) is 0 Å². The normalized spacial score (nSPS) is 16.2. The number of benzene rings is 3. The molecule has 0 radical (unpaired) electrons. The topological polar surface area (TPSA) is 123 Å². The van der Waals surface area contributed by atoms with Crippen LogP contribution in [0.4, 0.5) is 4.79 Å². The van der Waals surface area contributed by atoms with Gasteiger partial charge in [0.05, 0.1) is 19.7 Å². The van der Waals surface area contributed by atoms with Crippen molar-refractivity contribution < 1.29 is 24.2 Å². The van der Waals surface area contributed by atoms with Crippen LogP contribution in [0.25, 0.3) is 0 Å². The molecule has 2 atom stereocenters. The van der Waals surface area contributed by atoms with Crippen molar-refractivity contribution in [2.24, 2.45) is 0 Å². The second-order valence-electron chi connectivity index (χ2n) is 11.0. The lowest BCUT2D eigenvalue weighted by molar-refractivity contribution is -0.157. The quantitative estimate of drug-likeness (QED) is 0.152. The van der Waals surface area contributed by atoms with Gasteiger partial charge in [0.2, 0.25) is 11.8 Å². The molecule has 1 heterocycles. The van der Waals surface area contributed by atoms with Crippen molar-refractivity contribution in [3.63, 3.8) is 0 Å². The van der Waals surface area contributed by atoms with E-state index in [4.69, 9.17) is 4.74 Å². The molecule has 3 aromatic rings. The number of ether oxygens (including phenoxy) is 1. The monoisotopic (exact) mass is 613 g/mol. The highest BCUT2D eigenvalue weighted by Crippen LogP contribution is 2.24. The molecule has 1 saturated heterocycles. The maximum atomic E-state index is 14.1. The Balaban J connectivity index is 1.59. The molecule has 238 valence electrons. The van der Waals surface area contributed by atoms with Crippen molar-refractivity contribution in [1.82, 2.24) is 25.8 Å². The Hall–Kier alpha value is -4.83. The number of hydrogen-bond acceptors (Lipinski definition) is 6. The van der Waals surface area contributed by atoms with Crippen molar-refractivity contribution >= 4 is 17.8 Å². The first-order valence-corrected chi connectivity index (χ1v) is 15.4. The minimum Gasteiger partial charge on any atom is -0.508 e. The lowest BCUT2D eigenvalue weighted by atomic mass is 9.99. The van der Waals surface area contributed by atoms with Gasteiger partial charge in [-0.25, -0.2) is 4.79 Å². The summed E-state index contributed by atoms with van der Waals surface area (Å²) >= 11 is 0. The first-order chi connectivity index (χ1) is 21.9. The molecule has 0 bridgehead atoms. The fourth-order valence-corrected chi connectivity index (χ4v) is 5.18. The number of unbranched alkanes of at least 4 members (excludes halogenated alkanes) is 1. The van der Waals surface area contributed by atoms with Gasteiger partial charge in [-0.05, 0) is 47.4 Å². The van der Waals surface area contributed by atoms with E-state index in [1.54, 1.807) is 35.2 Å². The number of phenolic OH excluding ortho intramolecular Hbond substituents is 1. The summed E-state index contributed by atoms with van der Waals surface area (Å²) in [6.45, 7) is 7.53. The number of carbonyl (C=O) groups is 3. The number of amides is 4. The Morgan fingerprint density at radius 1 is 1.00 bits per heavy atom. The number of rotatable bonds is 15. The maximum Gasteiger partial charge on any atom is 0.316 e. The van der Waals surface area contributed by atoms with E-state index in [0.29, 0.717) is 26.2 Å². The molecule has 1 aliphatic heterocycles. The number of urea groups is 1. The minimum absolute atomic E-state index is 0.0330. The van der Waals surface area contributed by atoms with E-state index in [-0.39, 0.29) is 37.1 Å². The lowest BCUT2D eigenvalue weighted by Gasteiger charge is -2.46. The van der Waals surface area contributed by atoms with Crippen LogP contribution in [-0.4, -0.2) is 71.2 Å². The highest BCUT2D eigenvalue weighted by atomic mass is 16.5. The summed E-state index contributed by atoms with van der Waals surface area (Å²) in [6.07, 6.45) is 3.07. The molecule has 4 rings (SSSR count). The number of piperazine rings is 1. The zero-order chi connectivity index (χ0) is 32.0. The molecule has 3 aromatic carbocycles. The van der Waals surface area contributed by atoms with Gasteiger partial charge >= 0.3 is 6.03 Å². The molecular weight excluding hydrogens is 570 g/mol. The average Bonchev–Trinajstić information content (AvgIpc) is 3.05. The Kier molecular flexibility index (Phi) is 12.4. The molecule has 10 nitrogen and oxygen atoms in total. The van der Waals surface area contributed by atoms with Gasteiger partial charge < -0.3 is 35.6 Å². The smallest absolute Gasteiger partial charge is 0.316 e. The summed E-state index contributed by atoms with van der Waals surface area (Å²) in [4.78, 5) is 44.1. The molecule has 10 heteroatoms. The third-order valence-corrected chi connectivity index (χ3v) is 7.54. The van der Waals surface area contributed by atoms with Gasteiger partial charge in [0.25, 0.3) is 0 Å². The maximum absolute atomic E-state index is 14.1. The van der Waals surface area contributed by atoms with Crippen molar-refractivity contribution in [2.45, 2.75) is 51.5 Å². The molecule has 4 N–H and O–H groups in total. The van der Waals surface area contributed by atoms with E-state index >= 15 is 0 Å². The van der Waals surface area contributed by atoms with E-state index in [0.717, 1.165) is 35.3 Å². The van der Waals surface area contributed by atoms with Crippen molar-refractivity contribution in [3.8, 4) is 11.5 Å². The molecule has 0 spiro atoms. The first-order valence-electron chi connectivity index (χ1n) is 15.4. The number of phenols is 1. The summed E-state index contributed by atoms with van der Waals surface area (Å²) < 4.78 is 5.79. The minimum atomic E-state index is -0.891. The lowest BCUT2D eigenvalue weighted by Crippen LogP contribution is -2.69. The predicted molar refractivity (Wildman–Crippen MR) is 173 cm³/mol. The van der Waals surface area contributed by atoms with Crippen LogP contribution in [0.3, 0.4) is 0 Å². The SMILES string of the molecule is C=CCNCC(=O)N1[C@@H](NC(=O)NCc2ccccc2)CN(Cc2ccc(OCCCC)cc2)C(=O)[C@@H]1Cc1ccc(O)cc1. The van der Waals surface area contributed by atoms with Gasteiger partial charge in [-0.15, -0.1) is 6.58 Å². The second kappa shape index (κ2) is 16.9. The molecular formula is C35H43N5O5. The van der Waals surface area contributed by atoms with Gasteiger partial charge in [-0.2, -0.15) is 0 Å². The van der Waals surface area contributed by atoms with Crippen LogP contribution in [0.15, 0.2) is 91.5 Å². The van der Waals surface area contributed by atoms with Crippen LogP contribution in [0.5, 0.6) is 11.5 Å². The van der Waals surface area contributed by atoms with E-state index in [1.165, 1.54) is 4.90 Å². The second-order valence-corrected chi connectivity index (χ2v) is 11.0. The zero-order valence-electron chi connectivity index (χ0n) is 25.8. The zero-order valence-corrected chi connectivity index (χ0v) is 25.8. The Morgan fingerprint density at radius 2 is 1.71 bits per heavy atom. The number of hydrogen-bond donors (Lipinski definition) is 4. The van der Waals surface area contributed by atoms with Crippen LogP contribution in [0.1, 0.15) is 36.5 Å². The predicted octanol–water partition coefficient (Wildman–Crippen LogP) is 3.95. The Bertz CT molecular complexity index is 1400. The summed E-state index contributed by atoms with van der Waals surface area (Å²) in [5.41, 5.74) is 2.60. The standard InChI is InChI=1S/C35H43N5O5/c1-3-5-20-45-30-17-13-28(14-18-30)24-39-25-32(38-35(44)37-22-27-9-7-6-8-10-27)40(33(42)23-36-19-4-2)31(34(39)43)21-26-11-15-29(41)16-12-26/h4,6-18,31-32,36,41H,2-3,5,19-25H2,1H3,(H2,37,38,44)/t31-,32+/m0/s1. The molecule has 0 saturated carbocycles. The first kappa shape index (κ1) is 33.1. The van der Waals surface area contributed by atoms with Crippen LogP contribution >= 0.6 is 0 Å².